The summed E-state index contributed by atoms with van der Waals surface area (Å²) in [6.45, 7) is 0. The van der Waals surface area contributed by atoms with Crippen LogP contribution in [0.3, 0.4) is 0 Å². The zero-order valence-corrected chi connectivity index (χ0v) is 14.7. The van der Waals surface area contributed by atoms with Crippen molar-refractivity contribution in [3.8, 4) is 11.3 Å². The number of hydrogen-bond acceptors (Lipinski definition) is 3. The van der Waals surface area contributed by atoms with Gasteiger partial charge in [-0.15, -0.1) is 0 Å². The summed E-state index contributed by atoms with van der Waals surface area (Å²) in [7, 11) is 0. The topological polar surface area (TPSA) is 59.3 Å². The maximum absolute atomic E-state index is 12.9. The van der Waals surface area contributed by atoms with Crippen LogP contribution in [-0.4, -0.2) is 20.5 Å². The number of carbonyl (C=O) groups is 1. The van der Waals surface area contributed by atoms with E-state index < -0.39 is 0 Å². The minimum absolute atomic E-state index is 0.0426. The van der Waals surface area contributed by atoms with Crippen molar-refractivity contribution in [2.24, 2.45) is 0 Å². The van der Waals surface area contributed by atoms with Gasteiger partial charge in [0.2, 0.25) is 0 Å². The molecule has 1 amide bonds. The van der Waals surface area contributed by atoms with E-state index in [1.807, 2.05) is 48.5 Å². The Kier molecular flexibility index (Phi) is 3.71. The average Bonchev–Trinajstić information content (AvgIpc) is 3.33. The third-order valence-corrected chi connectivity index (χ3v) is 5.15. The van der Waals surface area contributed by atoms with E-state index in [2.05, 4.69) is 27.5 Å². The van der Waals surface area contributed by atoms with Crippen molar-refractivity contribution >= 4 is 11.6 Å². The van der Waals surface area contributed by atoms with E-state index in [1.54, 1.807) is 16.9 Å². The molecule has 132 valence electrons. The zero-order chi connectivity index (χ0) is 18.2. The molecule has 27 heavy (non-hydrogen) atoms. The third-order valence-electron chi connectivity index (χ3n) is 5.15. The Balaban J connectivity index is 1.48. The fourth-order valence-corrected chi connectivity index (χ4v) is 3.82. The number of amides is 1. The third kappa shape index (κ3) is 2.68. The first-order valence-electron chi connectivity index (χ1n) is 9.08. The van der Waals surface area contributed by atoms with Gasteiger partial charge in [0.05, 0.1) is 17.9 Å². The van der Waals surface area contributed by atoms with Crippen LogP contribution in [0.15, 0.2) is 73.1 Å². The fraction of sp³-hybridized carbons (Fsp3) is 0.136. The molecule has 1 unspecified atom stereocenters. The minimum atomic E-state index is -0.135. The molecule has 0 radical (unpaired) electrons. The highest BCUT2D eigenvalue weighted by molar-refractivity contribution is 6.00. The predicted octanol–water partition coefficient (Wildman–Crippen LogP) is 3.81. The van der Waals surface area contributed by atoms with Crippen molar-refractivity contribution in [3.05, 3.63) is 89.7 Å². The molecule has 0 aliphatic heterocycles. The molecule has 5 nitrogen and oxygen atoms in total. The molecule has 1 N–H and O–H groups in total. The SMILES string of the molecule is O=C(NC1CCc2ccccc21)c1cnn2c(-c3ccccc3)ccnc12. The molecule has 1 aliphatic carbocycles. The second-order valence-corrected chi connectivity index (χ2v) is 6.75. The summed E-state index contributed by atoms with van der Waals surface area (Å²) in [6.07, 6.45) is 5.24. The first-order valence-corrected chi connectivity index (χ1v) is 9.08. The Morgan fingerprint density at radius 2 is 1.85 bits per heavy atom. The van der Waals surface area contributed by atoms with Crippen molar-refractivity contribution < 1.29 is 4.79 Å². The lowest BCUT2D eigenvalue weighted by molar-refractivity contribution is 0.0938. The number of carbonyl (C=O) groups excluding carboxylic acids is 1. The number of hydrogen-bond donors (Lipinski definition) is 1. The van der Waals surface area contributed by atoms with Crippen LogP contribution in [0.1, 0.15) is 33.9 Å². The van der Waals surface area contributed by atoms with Gasteiger partial charge >= 0.3 is 0 Å². The molecule has 0 saturated carbocycles. The molecular formula is C22H18N4O. The summed E-state index contributed by atoms with van der Waals surface area (Å²) < 4.78 is 1.73. The van der Waals surface area contributed by atoms with Crippen LogP contribution in [0.5, 0.6) is 0 Å². The van der Waals surface area contributed by atoms with Crippen LogP contribution in [0, 0.1) is 0 Å². The molecular weight excluding hydrogens is 336 g/mol. The molecule has 5 rings (SSSR count). The van der Waals surface area contributed by atoms with Crippen molar-refractivity contribution in [1.29, 1.82) is 0 Å². The Bertz CT molecular complexity index is 1130. The summed E-state index contributed by atoms with van der Waals surface area (Å²) >= 11 is 0. The summed E-state index contributed by atoms with van der Waals surface area (Å²) in [5.74, 6) is -0.135. The van der Waals surface area contributed by atoms with Crippen LogP contribution < -0.4 is 5.32 Å². The Morgan fingerprint density at radius 3 is 2.74 bits per heavy atom. The molecule has 0 saturated heterocycles. The molecule has 1 aliphatic rings. The summed E-state index contributed by atoms with van der Waals surface area (Å²) in [4.78, 5) is 17.3. The molecule has 5 heteroatoms. The lowest BCUT2D eigenvalue weighted by atomic mass is 10.1. The number of nitrogens with zero attached hydrogens (tertiary/aromatic N) is 3. The van der Waals surface area contributed by atoms with Gasteiger partial charge in [-0.3, -0.25) is 4.79 Å². The highest BCUT2D eigenvalue weighted by Gasteiger charge is 2.25. The predicted molar refractivity (Wildman–Crippen MR) is 103 cm³/mol. The second kappa shape index (κ2) is 6.36. The number of fused-ring (bicyclic) bond motifs is 2. The highest BCUT2D eigenvalue weighted by Crippen LogP contribution is 2.31. The fourth-order valence-electron chi connectivity index (χ4n) is 3.82. The van der Waals surface area contributed by atoms with Gasteiger partial charge < -0.3 is 5.32 Å². The molecule has 0 bridgehead atoms. The van der Waals surface area contributed by atoms with Crippen LogP contribution in [0.25, 0.3) is 16.9 Å². The molecule has 1 atom stereocenters. The number of aryl methyl sites for hydroxylation is 1. The van der Waals surface area contributed by atoms with Crippen LogP contribution in [-0.2, 0) is 6.42 Å². The van der Waals surface area contributed by atoms with Gasteiger partial charge in [0.25, 0.3) is 5.91 Å². The van der Waals surface area contributed by atoms with Gasteiger partial charge in [-0.1, -0.05) is 54.6 Å². The number of benzene rings is 2. The van der Waals surface area contributed by atoms with Gasteiger partial charge in [0.1, 0.15) is 5.56 Å². The lowest BCUT2D eigenvalue weighted by Gasteiger charge is -2.13. The zero-order valence-electron chi connectivity index (χ0n) is 14.7. The van der Waals surface area contributed by atoms with Crippen molar-refractivity contribution in [2.45, 2.75) is 18.9 Å². The molecule has 2 heterocycles. The number of rotatable bonds is 3. The summed E-state index contributed by atoms with van der Waals surface area (Å²) in [5, 5.41) is 7.58. The first kappa shape index (κ1) is 15.8. The van der Waals surface area contributed by atoms with E-state index in [4.69, 9.17) is 0 Å². The quantitative estimate of drug-likeness (QED) is 0.608. The van der Waals surface area contributed by atoms with Crippen molar-refractivity contribution in [3.63, 3.8) is 0 Å². The smallest absolute Gasteiger partial charge is 0.257 e. The maximum atomic E-state index is 12.9. The van der Waals surface area contributed by atoms with E-state index in [0.717, 1.165) is 24.1 Å². The second-order valence-electron chi connectivity index (χ2n) is 6.75. The van der Waals surface area contributed by atoms with Crippen LogP contribution in [0.4, 0.5) is 0 Å². The van der Waals surface area contributed by atoms with Crippen LogP contribution in [0.2, 0.25) is 0 Å². The Hall–Kier alpha value is -3.47. The summed E-state index contributed by atoms with van der Waals surface area (Å²) in [6, 6.07) is 20.2. The molecule has 0 fully saturated rings. The van der Waals surface area contributed by atoms with Gasteiger partial charge in [0, 0.05) is 11.8 Å². The highest BCUT2D eigenvalue weighted by atomic mass is 16.1. The van der Waals surface area contributed by atoms with Gasteiger partial charge in [0.15, 0.2) is 5.65 Å². The lowest BCUT2D eigenvalue weighted by Crippen LogP contribution is -2.27. The van der Waals surface area contributed by atoms with E-state index in [1.165, 1.54) is 11.1 Å². The van der Waals surface area contributed by atoms with E-state index in [0.29, 0.717) is 11.2 Å². The van der Waals surface area contributed by atoms with Crippen molar-refractivity contribution in [1.82, 2.24) is 19.9 Å². The standard InChI is InChI=1S/C22H18N4O/c27-22(25-19-11-10-15-6-4-5-9-17(15)19)18-14-24-26-20(12-13-23-21(18)26)16-7-2-1-3-8-16/h1-9,12-14,19H,10-11H2,(H,25,27). The van der Waals surface area contributed by atoms with E-state index in [9.17, 15) is 4.79 Å². The minimum Gasteiger partial charge on any atom is -0.345 e. The Morgan fingerprint density at radius 1 is 1.04 bits per heavy atom. The first-order chi connectivity index (χ1) is 13.3. The molecule has 2 aromatic carbocycles. The molecule has 0 spiro atoms. The van der Waals surface area contributed by atoms with E-state index >= 15 is 0 Å². The normalized spacial score (nSPS) is 15.6. The largest absolute Gasteiger partial charge is 0.345 e. The maximum Gasteiger partial charge on any atom is 0.257 e. The monoisotopic (exact) mass is 354 g/mol. The van der Waals surface area contributed by atoms with Gasteiger partial charge in [-0.25, -0.2) is 9.50 Å². The van der Waals surface area contributed by atoms with Crippen LogP contribution >= 0.6 is 0 Å². The van der Waals surface area contributed by atoms with Gasteiger partial charge in [-0.05, 0) is 30.0 Å². The number of nitrogens with one attached hydrogen (secondary N) is 1. The molecule has 2 aromatic heterocycles. The van der Waals surface area contributed by atoms with Crippen molar-refractivity contribution in [2.75, 3.05) is 0 Å². The Labute approximate surface area is 156 Å². The number of aromatic nitrogens is 3. The van der Waals surface area contributed by atoms with Gasteiger partial charge in [-0.2, -0.15) is 5.10 Å². The summed E-state index contributed by atoms with van der Waals surface area (Å²) in [5.41, 5.74) is 5.53. The average molecular weight is 354 g/mol. The van der Waals surface area contributed by atoms with E-state index in [-0.39, 0.29) is 11.9 Å². The molecule has 4 aromatic rings.